The van der Waals surface area contributed by atoms with Crippen molar-refractivity contribution in [2.24, 2.45) is 13.0 Å². The van der Waals surface area contributed by atoms with Gasteiger partial charge in [0.05, 0.1) is 29.9 Å². The third-order valence-corrected chi connectivity index (χ3v) is 5.42. The van der Waals surface area contributed by atoms with Gasteiger partial charge in [-0.2, -0.15) is 11.8 Å². The molecule has 0 amide bonds. The second-order valence-corrected chi connectivity index (χ2v) is 6.57. The Balaban J connectivity index is 1.74. The quantitative estimate of drug-likeness (QED) is 0.888. The van der Waals surface area contributed by atoms with Gasteiger partial charge < -0.3 is 14.4 Å². The highest BCUT2D eigenvalue weighted by molar-refractivity contribution is 7.99. The first-order valence-corrected chi connectivity index (χ1v) is 7.72. The first kappa shape index (κ1) is 12.5. The Labute approximate surface area is 112 Å². The standard InChI is InChI=1S/C13H20N2O2S/c1-15-9-14-7-11(15)12(16)10-2-4-17-13(6-10)3-5-18-8-13/h7,9-10,12,16H,2-6,8H2,1H3. The lowest BCUT2D eigenvalue weighted by Gasteiger charge is -2.39. The first-order chi connectivity index (χ1) is 8.70. The molecule has 2 aliphatic rings. The summed E-state index contributed by atoms with van der Waals surface area (Å²) < 4.78 is 7.91. The Morgan fingerprint density at radius 2 is 2.56 bits per heavy atom. The minimum atomic E-state index is -0.413. The summed E-state index contributed by atoms with van der Waals surface area (Å²) in [5, 5.41) is 10.5. The van der Waals surface area contributed by atoms with Gasteiger partial charge in [-0.1, -0.05) is 0 Å². The average Bonchev–Trinajstić information content (AvgIpc) is 2.98. The molecule has 1 N–H and O–H groups in total. The Bertz CT molecular complexity index is 415. The molecule has 2 aliphatic heterocycles. The number of aromatic nitrogens is 2. The minimum Gasteiger partial charge on any atom is -0.387 e. The SMILES string of the molecule is Cn1cncc1C(O)C1CCOC2(CCSC2)C1. The number of aliphatic hydroxyl groups excluding tert-OH is 1. The lowest BCUT2D eigenvalue weighted by molar-refractivity contribution is -0.102. The number of hydrogen-bond donors (Lipinski definition) is 1. The second-order valence-electron chi connectivity index (χ2n) is 5.46. The van der Waals surface area contributed by atoms with Gasteiger partial charge in [-0.25, -0.2) is 4.98 Å². The summed E-state index contributed by atoms with van der Waals surface area (Å²) in [7, 11) is 1.94. The van der Waals surface area contributed by atoms with Crippen LogP contribution < -0.4 is 0 Å². The normalized spacial score (nSPS) is 34.0. The van der Waals surface area contributed by atoms with Crippen molar-refractivity contribution in [2.45, 2.75) is 31.0 Å². The van der Waals surface area contributed by atoms with Crippen molar-refractivity contribution >= 4 is 11.8 Å². The van der Waals surface area contributed by atoms with Gasteiger partial charge in [0.1, 0.15) is 0 Å². The van der Waals surface area contributed by atoms with Gasteiger partial charge >= 0.3 is 0 Å². The predicted octanol–water partition coefficient (Wildman–Crippen LogP) is 1.76. The lowest BCUT2D eigenvalue weighted by Crippen LogP contribution is -2.41. The van der Waals surface area contributed by atoms with Crippen LogP contribution in [-0.4, -0.2) is 38.4 Å². The summed E-state index contributed by atoms with van der Waals surface area (Å²) in [6.45, 7) is 0.778. The summed E-state index contributed by atoms with van der Waals surface area (Å²) in [6.07, 6.45) is 6.16. The molecule has 0 aliphatic carbocycles. The monoisotopic (exact) mass is 268 g/mol. The summed E-state index contributed by atoms with van der Waals surface area (Å²) >= 11 is 1.97. The number of ether oxygens (including phenoxy) is 1. The van der Waals surface area contributed by atoms with Crippen molar-refractivity contribution in [2.75, 3.05) is 18.1 Å². The molecule has 5 heteroatoms. The number of hydrogen-bond acceptors (Lipinski definition) is 4. The predicted molar refractivity (Wildman–Crippen MR) is 71.5 cm³/mol. The highest BCUT2D eigenvalue weighted by atomic mass is 32.2. The number of nitrogens with zero attached hydrogens (tertiary/aromatic N) is 2. The van der Waals surface area contributed by atoms with Crippen LogP contribution in [0.4, 0.5) is 0 Å². The van der Waals surface area contributed by atoms with E-state index >= 15 is 0 Å². The van der Waals surface area contributed by atoms with Crippen LogP contribution in [0.1, 0.15) is 31.1 Å². The first-order valence-electron chi connectivity index (χ1n) is 6.56. The third kappa shape index (κ3) is 2.19. The van der Waals surface area contributed by atoms with Crippen LogP contribution in [0.5, 0.6) is 0 Å². The van der Waals surface area contributed by atoms with E-state index in [2.05, 4.69) is 4.98 Å². The lowest BCUT2D eigenvalue weighted by atomic mass is 9.81. The molecule has 3 atom stereocenters. The fourth-order valence-corrected chi connectivity index (χ4v) is 4.47. The topological polar surface area (TPSA) is 47.3 Å². The molecule has 0 aromatic carbocycles. The van der Waals surface area contributed by atoms with E-state index in [0.717, 1.165) is 37.3 Å². The van der Waals surface area contributed by atoms with Crippen molar-refractivity contribution in [3.8, 4) is 0 Å². The van der Waals surface area contributed by atoms with Crippen LogP contribution in [0.2, 0.25) is 0 Å². The Morgan fingerprint density at radius 1 is 1.67 bits per heavy atom. The highest BCUT2D eigenvalue weighted by Gasteiger charge is 2.42. The van der Waals surface area contributed by atoms with Crippen molar-refractivity contribution in [3.63, 3.8) is 0 Å². The van der Waals surface area contributed by atoms with E-state index in [1.165, 1.54) is 5.75 Å². The van der Waals surface area contributed by atoms with E-state index in [1.807, 2.05) is 23.4 Å². The summed E-state index contributed by atoms with van der Waals surface area (Å²) in [4.78, 5) is 4.09. The molecule has 2 fully saturated rings. The summed E-state index contributed by atoms with van der Waals surface area (Å²) in [5.74, 6) is 2.57. The van der Waals surface area contributed by atoms with Gasteiger partial charge in [-0.15, -0.1) is 0 Å². The maximum atomic E-state index is 10.5. The molecule has 1 aromatic rings. The molecule has 4 nitrogen and oxygen atoms in total. The molecule has 18 heavy (non-hydrogen) atoms. The van der Waals surface area contributed by atoms with Crippen molar-refractivity contribution in [3.05, 3.63) is 18.2 Å². The molecule has 3 unspecified atom stereocenters. The molecule has 2 saturated heterocycles. The van der Waals surface area contributed by atoms with Gasteiger partial charge in [-0.05, 0) is 30.9 Å². The van der Waals surface area contributed by atoms with Crippen LogP contribution in [-0.2, 0) is 11.8 Å². The van der Waals surface area contributed by atoms with Gasteiger partial charge in [-0.3, -0.25) is 0 Å². The Kier molecular flexibility index (Phi) is 3.38. The number of imidazole rings is 1. The fraction of sp³-hybridized carbons (Fsp3) is 0.769. The molecule has 0 radical (unpaired) electrons. The van der Waals surface area contributed by atoms with Crippen LogP contribution in [0.25, 0.3) is 0 Å². The van der Waals surface area contributed by atoms with Crippen LogP contribution in [0, 0.1) is 5.92 Å². The molecular formula is C13H20N2O2S. The van der Waals surface area contributed by atoms with Gasteiger partial charge in [0.15, 0.2) is 0 Å². The molecule has 3 rings (SSSR count). The van der Waals surface area contributed by atoms with E-state index in [1.54, 1.807) is 12.5 Å². The zero-order valence-corrected chi connectivity index (χ0v) is 11.5. The van der Waals surface area contributed by atoms with E-state index in [4.69, 9.17) is 4.74 Å². The summed E-state index contributed by atoms with van der Waals surface area (Å²) in [6, 6.07) is 0. The maximum Gasteiger partial charge on any atom is 0.0985 e. The van der Waals surface area contributed by atoms with E-state index in [-0.39, 0.29) is 5.60 Å². The maximum absolute atomic E-state index is 10.5. The molecular weight excluding hydrogens is 248 g/mol. The van der Waals surface area contributed by atoms with Crippen LogP contribution in [0.3, 0.4) is 0 Å². The largest absolute Gasteiger partial charge is 0.387 e. The van der Waals surface area contributed by atoms with Gasteiger partial charge in [0.25, 0.3) is 0 Å². The van der Waals surface area contributed by atoms with E-state index in [9.17, 15) is 5.11 Å². The zero-order valence-electron chi connectivity index (χ0n) is 10.7. The average molecular weight is 268 g/mol. The third-order valence-electron chi connectivity index (χ3n) is 4.20. The number of rotatable bonds is 2. The van der Waals surface area contributed by atoms with Crippen molar-refractivity contribution in [1.29, 1.82) is 0 Å². The van der Waals surface area contributed by atoms with E-state index < -0.39 is 6.10 Å². The summed E-state index contributed by atoms with van der Waals surface area (Å²) in [5.41, 5.74) is 0.954. The molecule has 3 heterocycles. The molecule has 1 spiro atoms. The number of aliphatic hydroxyl groups is 1. The molecule has 0 saturated carbocycles. The fourth-order valence-electron chi connectivity index (χ4n) is 3.09. The highest BCUT2D eigenvalue weighted by Crippen LogP contribution is 2.43. The zero-order chi connectivity index (χ0) is 12.6. The van der Waals surface area contributed by atoms with Crippen molar-refractivity contribution < 1.29 is 9.84 Å². The van der Waals surface area contributed by atoms with Gasteiger partial charge in [0, 0.05) is 19.4 Å². The minimum absolute atomic E-state index is 0.0349. The second kappa shape index (κ2) is 4.87. The van der Waals surface area contributed by atoms with E-state index in [0.29, 0.717) is 5.92 Å². The smallest absolute Gasteiger partial charge is 0.0985 e. The van der Waals surface area contributed by atoms with Crippen LogP contribution in [0.15, 0.2) is 12.5 Å². The Morgan fingerprint density at radius 3 is 3.22 bits per heavy atom. The van der Waals surface area contributed by atoms with Gasteiger partial charge in [0.2, 0.25) is 0 Å². The Hall–Kier alpha value is -0.520. The van der Waals surface area contributed by atoms with Crippen LogP contribution >= 0.6 is 11.8 Å². The molecule has 1 aromatic heterocycles. The molecule has 0 bridgehead atoms. The molecule has 100 valence electrons. The number of thioether (sulfide) groups is 1. The van der Waals surface area contributed by atoms with Crippen molar-refractivity contribution in [1.82, 2.24) is 9.55 Å². The number of aryl methyl sites for hydroxylation is 1.